The average molecular weight is 383 g/mol. The first kappa shape index (κ1) is 13.6. The monoisotopic (exact) mass is 383 g/mol. The van der Waals surface area contributed by atoms with E-state index >= 15 is 0 Å². The van der Waals surface area contributed by atoms with Crippen molar-refractivity contribution >= 4 is 33.3 Å². The average Bonchev–Trinajstić information content (AvgIpc) is 2.07. The molecule has 0 aliphatic carbocycles. The molecular weight excluding hydrogens is 369 g/mol. The van der Waals surface area contributed by atoms with Gasteiger partial charge in [0.25, 0.3) is 0 Å². The van der Waals surface area contributed by atoms with Crippen molar-refractivity contribution in [1.29, 1.82) is 0 Å². The quantitative estimate of drug-likeness (QED) is 0.757. The smallest absolute Gasteiger partial charge is 0.335 e. The number of rotatable bonds is 1. The maximum atomic E-state index is 10.8. The van der Waals surface area contributed by atoms with Gasteiger partial charge in [-0.2, -0.15) is 0 Å². The standard InChI is InChI=1S/C11H14O2.Tl/c1-6-5-10(11(12)13)9(4)8(3)7(6)2;/h5H,1-4H3,(H,12,13);. The van der Waals surface area contributed by atoms with E-state index in [0.717, 1.165) is 16.7 Å². The molecule has 73 valence electrons. The number of carbonyl (C=O) groups is 1. The van der Waals surface area contributed by atoms with Crippen molar-refractivity contribution in [3.63, 3.8) is 0 Å². The third kappa shape index (κ3) is 2.35. The van der Waals surface area contributed by atoms with Crippen LogP contribution in [0.3, 0.4) is 0 Å². The molecule has 0 bridgehead atoms. The first-order valence-electron chi connectivity index (χ1n) is 4.26. The van der Waals surface area contributed by atoms with E-state index in [1.54, 1.807) is 6.07 Å². The van der Waals surface area contributed by atoms with Crippen LogP contribution < -0.4 is 0 Å². The maximum Gasteiger partial charge on any atom is 0.335 e. The summed E-state index contributed by atoms with van der Waals surface area (Å²) in [6.45, 7) is 7.77. The van der Waals surface area contributed by atoms with E-state index in [2.05, 4.69) is 0 Å². The van der Waals surface area contributed by atoms with Crippen molar-refractivity contribution in [2.24, 2.45) is 0 Å². The SMILES string of the molecule is Cc1cc(C(=O)O)c(C)c(C)c1C.[Tl]. The Kier molecular flexibility index (Phi) is 4.77. The minimum atomic E-state index is -0.844. The molecule has 1 radical (unpaired) electrons. The first-order valence-corrected chi connectivity index (χ1v) is 4.26. The van der Waals surface area contributed by atoms with Gasteiger partial charge in [0, 0.05) is 27.3 Å². The van der Waals surface area contributed by atoms with E-state index in [-0.39, 0.29) is 27.3 Å². The number of benzene rings is 1. The molecule has 1 rings (SSSR count). The van der Waals surface area contributed by atoms with Gasteiger partial charge >= 0.3 is 5.97 Å². The Bertz CT molecular complexity index is 370. The summed E-state index contributed by atoms with van der Waals surface area (Å²) < 4.78 is 0. The van der Waals surface area contributed by atoms with E-state index in [4.69, 9.17) is 5.11 Å². The summed E-state index contributed by atoms with van der Waals surface area (Å²) in [6.07, 6.45) is 0. The summed E-state index contributed by atoms with van der Waals surface area (Å²) in [7, 11) is 0. The van der Waals surface area contributed by atoms with Crippen molar-refractivity contribution in [2.75, 3.05) is 0 Å². The summed E-state index contributed by atoms with van der Waals surface area (Å²) in [6, 6.07) is 1.74. The number of carboxylic acids is 1. The van der Waals surface area contributed by atoms with Gasteiger partial charge < -0.3 is 5.11 Å². The Morgan fingerprint density at radius 2 is 1.57 bits per heavy atom. The van der Waals surface area contributed by atoms with Gasteiger partial charge in [-0.05, 0) is 56.0 Å². The van der Waals surface area contributed by atoms with E-state index in [0.29, 0.717) is 5.56 Å². The van der Waals surface area contributed by atoms with Crippen LogP contribution in [-0.2, 0) is 0 Å². The number of hydrogen-bond acceptors (Lipinski definition) is 1. The predicted molar refractivity (Wildman–Crippen MR) is 58.1 cm³/mol. The third-order valence-corrected chi connectivity index (χ3v) is 2.71. The van der Waals surface area contributed by atoms with Crippen LogP contribution in [0.5, 0.6) is 0 Å². The molecule has 3 heteroatoms. The van der Waals surface area contributed by atoms with Gasteiger partial charge in [0.2, 0.25) is 0 Å². The summed E-state index contributed by atoms with van der Waals surface area (Å²) in [4.78, 5) is 10.8. The third-order valence-electron chi connectivity index (χ3n) is 2.71. The van der Waals surface area contributed by atoms with Gasteiger partial charge in [-0.1, -0.05) is 0 Å². The van der Waals surface area contributed by atoms with Gasteiger partial charge in [0.15, 0.2) is 0 Å². The Labute approximate surface area is 104 Å². The molecule has 0 aliphatic rings. The minimum absolute atomic E-state index is 0. The fourth-order valence-corrected chi connectivity index (χ4v) is 1.43. The summed E-state index contributed by atoms with van der Waals surface area (Å²) >= 11 is 0. The fourth-order valence-electron chi connectivity index (χ4n) is 1.43. The molecule has 1 N–H and O–H groups in total. The van der Waals surface area contributed by atoms with Crippen LogP contribution in [0, 0.1) is 27.7 Å². The Morgan fingerprint density at radius 1 is 1.07 bits per heavy atom. The molecule has 0 atom stereocenters. The molecule has 0 heterocycles. The van der Waals surface area contributed by atoms with E-state index in [9.17, 15) is 4.79 Å². The van der Waals surface area contributed by atoms with E-state index in [1.165, 1.54) is 5.56 Å². The van der Waals surface area contributed by atoms with Crippen LogP contribution in [0.4, 0.5) is 0 Å². The molecular formula is C11H14O2Tl. The van der Waals surface area contributed by atoms with Gasteiger partial charge in [0.05, 0.1) is 5.56 Å². The zero-order valence-corrected chi connectivity index (χ0v) is 13.5. The second kappa shape index (κ2) is 4.91. The maximum absolute atomic E-state index is 10.8. The summed E-state index contributed by atoms with van der Waals surface area (Å²) in [5, 5.41) is 8.91. The molecule has 0 spiro atoms. The largest absolute Gasteiger partial charge is 0.478 e. The molecule has 0 aliphatic heterocycles. The van der Waals surface area contributed by atoms with Crippen molar-refractivity contribution in [3.8, 4) is 0 Å². The molecule has 0 amide bonds. The number of carboxylic acid groups (broad SMARTS) is 1. The van der Waals surface area contributed by atoms with Crippen molar-refractivity contribution in [3.05, 3.63) is 33.9 Å². The Balaban J connectivity index is 0.00000169. The number of hydrogen-bond donors (Lipinski definition) is 1. The second-order valence-corrected chi connectivity index (χ2v) is 3.42. The predicted octanol–water partition coefficient (Wildman–Crippen LogP) is 2.24. The van der Waals surface area contributed by atoms with Crippen LogP contribution in [0.25, 0.3) is 0 Å². The van der Waals surface area contributed by atoms with Gasteiger partial charge in [0.1, 0.15) is 0 Å². The number of aryl methyl sites for hydroxylation is 1. The van der Waals surface area contributed by atoms with Crippen LogP contribution in [0.15, 0.2) is 6.07 Å². The first-order chi connectivity index (χ1) is 5.95. The summed E-state index contributed by atoms with van der Waals surface area (Å²) in [5.41, 5.74) is 4.59. The number of aromatic carboxylic acids is 1. The van der Waals surface area contributed by atoms with Crippen LogP contribution in [0.2, 0.25) is 0 Å². The normalized spacial score (nSPS) is 9.43. The molecule has 0 unspecified atom stereocenters. The Morgan fingerprint density at radius 3 is 2.00 bits per heavy atom. The van der Waals surface area contributed by atoms with E-state index in [1.807, 2.05) is 27.7 Å². The topological polar surface area (TPSA) is 37.3 Å². The molecule has 0 aromatic heterocycles. The van der Waals surface area contributed by atoms with Gasteiger partial charge in [-0.3, -0.25) is 0 Å². The molecule has 0 saturated heterocycles. The molecule has 1 aromatic rings. The van der Waals surface area contributed by atoms with Crippen molar-refractivity contribution < 1.29 is 9.90 Å². The second-order valence-electron chi connectivity index (χ2n) is 3.42. The van der Waals surface area contributed by atoms with Gasteiger partial charge in [-0.25, -0.2) is 4.79 Å². The van der Waals surface area contributed by atoms with Crippen LogP contribution in [-0.4, -0.2) is 38.4 Å². The summed E-state index contributed by atoms with van der Waals surface area (Å²) in [5.74, 6) is -0.844. The zero-order valence-electron chi connectivity index (χ0n) is 9.01. The fraction of sp³-hybridized carbons (Fsp3) is 0.364. The molecule has 2 nitrogen and oxygen atoms in total. The van der Waals surface area contributed by atoms with Gasteiger partial charge in [-0.15, -0.1) is 0 Å². The Hall–Kier alpha value is -0.388. The zero-order chi connectivity index (χ0) is 10.2. The van der Waals surface area contributed by atoms with Crippen LogP contribution >= 0.6 is 0 Å². The van der Waals surface area contributed by atoms with Crippen molar-refractivity contribution in [1.82, 2.24) is 0 Å². The molecule has 1 aromatic carbocycles. The minimum Gasteiger partial charge on any atom is -0.478 e. The molecule has 0 fully saturated rings. The van der Waals surface area contributed by atoms with Crippen LogP contribution in [0.1, 0.15) is 32.6 Å². The van der Waals surface area contributed by atoms with Crippen molar-refractivity contribution in [2.45, 2.75) is 27.7 Å². The molecule has 0 saturated carbocycles. The molecule has 14 heavy (non-hydrogen) atoms. The van der Waals surface area contributed by atoms with E-state index < -0.39 is 5.97 Å².